The molecule has 7 fully saturated rings. The van der Waals surface area contributed by atoms with Gasteiger partial charge in [0.15, 0.2) is 30.9 Å². The number of aliphatic hydroxyl groups is 13. The molecule has 0 amide bonds. The van der Waals surface area contributed by atoms with E-state index >= 15 is 0 Å². The van der Waals surface area contributed by atoms with Crippen LogP contribution in [0.1, 0.15) is 52.9 Å². The van der Waals surface area contributed by atoms with Gasteiger partial charge in [0.25, 0.3) is 0 Å². The highest BCUT2D eigenvalue weighted by atomic mass is 16.8. The summed E-state index contributed by atoms with van der Waals surface area (Å²) in [6.07, 6.45) is -25.7. The lowest BCUT2D eigenvalue weighted by Crippen LogP contribution is -2.65. The minimum atomic E-state index is -2.08. The van der Waals surface area contributed by atoms with Gasteiger partial charge in [-0.2, -0.15) is 0 Å². The van der Waals surface area contributed by atoms with E-state index in [0.29, 0.717) is 31.3 Å². The Hall–Kier alpha value is -1.77. The average molecular weight is 1020 g/mol. The Bertz CT molecular complexity index is 2030. The van der Waals surface area contributed by atoms with Gasteiger partial charge in [0.05, 0.1) is 64.1 Å². The van der Waals surface area contributed by atoms with E-state index in [4.69, 9.17) is 47.4 Å². The Kier molecular flexibility index (Phi) is 14.6. The molecule has 0 aromatic rings. The second kappa shape index (κ2) is 19.7. The molecule has 13 N–H and O–H groups in total. The molecule has 1 saturated carbocycles. The van der Waals surface area contributed by atoms with E-state index in [1.807, 2.05) is 13.0 Å². The number of carbonyl (C=O) groups is 1. The third-order valence-electron chi connectivity index (χ3n) is 17.6. The smallest absolute Gasteiger partial charge is 0.203 e. The predicted octanol–water partition coefficient (Wildman–Crippen LogP) is -5.30. The van der Waals surface area contributed by atoms with Crippen LogP contribution in [0.5, 0.6) is 0 Å². The number of rotatable bonds is 10. The van der Waals surface area contributed by atoms with Crippen LogP contribution in [-0.2, 0) is 52.2 Å². The summed E-state index contributed by atoms with van der Waals surface area (Å²) in [4.78, 5) is 14.6. The summed E-state index contributed by atoms with van der Waals surface area (Å²) in [5.74, 6) is -4.36. The van der Waals surface area contributed by atoms with E-state index in [9.17, 15) is 71.2 Å². The molecule has 24 nitrogen and oxygen atoms in total. The minimum Gasteiger partial charge on any atom is -0.396 e. The van der Waals surface area contributed by atoms with E-state index in [-0.39, 0.29) is 30.6 Å². The van der Waals surface area contributed by atoms with Gasteiger partial charge in [-0.3, -0.25) is 4.79 Å². The van der Waals surface area contributed by atoms with Crippen LogP contribution in [0.15, 0.2) is 22.8 Å². The van der Waals surface area contributed by atoms with Gasteiger partial charge in [-0.25, -0.2) is 0 Å². The highest BCUT2D eigenvalue weighted by Gasteiger charge is 2.69. The van der Waals surface area contributed by atoms with Crippen molar-refractivity contribution in [3.8, 4) is 0 Å². The summed E-state index contributed by atoms with van der Waals surface area (Å²) >= 11 is 0. The van der Waals surface area contributed by atoms with Crippen molar-refractivity contribution in [2.75, 3.05) is 39.6 Å². The largest absolute Gasteiger partial charge is 0.396 e. The fraction of sp³-hybridized carbons (Fsp3) is 0.894. The van der Waals surface area contributed by atoms with Gasteiger partial charge in [0.2, 0.25) is 5.79 Å². The van der Waals surface area contributed by atoms with E-state index in [0.717, 1.165) is 11.1 Å². The van der Waals surface area contributed by atoms with Gasteiger partial charge in [-0.05, 0) is 44.4 Å². The van der Waals surface area contributed by atoms with Gasteiger partial charge in [0, 0.05) is 35.2 Å². The SMILES string of the molecule is CC1COC2(OC3C(=O)C4=C(CCC5C4CC=C4CC(O)CC(OC6OCC(O)C(OC7OCC(O)C(O)C7OC7OC(C)C(O)C(OC8OCC(O)(CO)C8O)C7O)C6O)C45C)C3C2CO)C(O)C1O. The van der Waals surface area contributed by atoms with Crippen molar-refractivity contribution in [1.82, 2.24) is 0 Å². The highest BCUT2D eigenvalue weighted by molar-refractivity contribution is 6.04. The normalized spacial score (nSPS) is 55.2. The van der Waals surface area contributed by atoms with E-state index < -0.39 is 190 Å². The Balaban J connectivity index is 0.851. The maximum atomic E-state index is 14.6. The Morgan fingerprint density at radius 1 is 0.746 bits per heavy atom. The summed E-state index contributed by atoms with van der Waals surface area (Å²) in [6.45, 7) is 2.43. The second-order valence-corrected chi connectivity index (χ2v) is 21.7. The zero-order valence-corrected chi connectivity index (χ0v) is 39.6. The van der Waals surface area contributed by atoms with Crippen molar-refractivity contribution in [3.05, 3.63) is 22.8 Å². The fourth-order valence-electron chi connectivity index (χ4n) is 13.5. The summed E-state index contributed by atoms with van der Waals surface area (Å²) in [5, 5.41) is 142. The molecule has 4 aliphatic carbocycles. The molecule has 28 unspecified atom stereocenters. The molecule has 0 bridgehead atoms. The van der Waals surface area contributed by atoms with E-state index in [1.165, 1.54) is 6.92 Å². The lowest BCUT2D eigenvalue weighted by Gasteiger charge is -2.56. The van der Waals surface area contributed by atoms with Gasteiger partial charge in [-0.15, -0.1) is 0 Å². The Morgan fingerprint density at radius 3 is 2.15 bits per heavy atom. The van der Waals surface area contributed by atoms with Crippen LogP contribution in [0.25, 0.3) is 0 Å². The molecule has 10 aliphatic rings. The molecule has 71 heavy (non-hydrogen) atoms. The molecule has 0 aromatic carbocycles. The molecule has 6 saturated heterocycles. The first-order valence-electron chi connectivity index (χ1n) is 24.8. The van der Waals surface area contributed by atoms with Crippen LogP contribution in [0.3, 0.4) is 0 Å². The molecule has 28 atom stereocenters. The zero-order valence-electron chi connectivity index (χ0n) is 39.6. The van der Waals surface area contributed by atoms with Crippen LogP contribution < -0.4 is 0 Å². The molecule has 402 valence electrons. The molecular weight excluding hydrogens is 948 g/mol. The summed E-state index contributed by atoms with van der Waals surface area (Å²) in [6, 6.07) is 0. The number of fused-ring (bicyclic) bond motifs is 6. The third kappa shape index (κ3) is 8.45. The van der Waals surface area contributed by atoms with Crippen molar-refractivity contribution in [2.24, 2.45) is 35.0 Å². The van der Waals surface area contributed by atoms with Crippen LogP contribution in [0.2, 0.25) is 0 Å². The maximum Gasteiger partial charge on any atom is 0.203 e. The lowest BCUT2D eigenvalue weighted by atomic mass is 9.51. The lowest BCUT2D eigenvalue weighted by molar-refractivity contribution is -0.380. The van der Waals surface area contributed by atoms with Crippen LogP contribution >= 0.6 is 0 Å². The third-order valence-corrected chi connectivity index (χ3v) is 17.6. The average Bonchev–Trinajstić information content (AvgIpc) is 3.94. The second-order valence-electron chi connectivity index (χ2n) is 21.7. The highest BCUT2D eigenvalue weighted by Crippen LogP contribution is 2.64. The Labute approximate surface area is 408 Å². The molecular formula is C47H70O24. The van der Waals surface area contributed by atoms with Crippen molar-refractivity contribution >= 4 is 5.78 Å². The Morgan fingerprint density at radius 2 is 1.44 bits per heavy atom. The molecule has 6 aliphatic heterocycles. The first-order chi connectivity index (χ1) is 33.7. The first-order valence-corrected chi connectivity index (χ1v) is 24.8. The van der Waals surface area contributed by atoms with Gasteiger partial charge < -0.3 is 114 Å². The predicted molar refractivity (Wildman–Crippen MR) is 230 cm³/mol. The van der Waals surface area contributed by atoms with Gasteiger partial charge >= 0.3 is 0 Å². The maximum absolute atomic E-state index is 14.6. The van der Waals surface area contributed by atoms with E-state index in [1.54, 1.807) is 6.92 Å². The summed E-state index contributed by atoms with van der Waals surface area (Å²) in [7, 11) is 0. The van der Waals surface area contributed by atoms with Crippen LogP contribution in [0, 0.1) is 35.0 Å². The number of aliphatic hydroxyl groups excluding tert-OH is 12. The van der Waals surface area contributed by atoms with Crippen LogP contribution in [-0.4, -0.2) is 246 Å². The molecule has 0 radical (unpaired) electrons. The van der Waals surface area contributed by atoms with E-state index in [2.05, 4.69) is 0 Å². The quantitative estimate of drug-likeness (QED) is 0.0909. The zero-order chi connectivity index (χ0) is 50.8. The molecule has 24 heteroatoms. The first kappa shape index (κ1) is 52.7. The number of hydrogen-bond donors (Lipinski definition) is 13. The number of carbonyl (C=O) groups excluding carboxylic acids is 1. The summed E-state index contributed by atoms with van der Waals surface area (Å²) < 4.78 is 59.6. The number of allylic oxidation sites excluding steroid dienone is 1. The molecule has 1 spiro atoms. The molecule has 6 heterocycles. The number of hydrogen-bond acceptors (Lipinski definition) is 24. The topological polar surface area (TPSA) is 372 Å². The summed E-state index contributed by atoms with van der Waals surface area (Å²) in [5.41, 5.74) is -0.564. The number of ether oxygens (including phenoxy) is 10. The fourth-order valence-corrected chi connectivity index (χ4v) is 13.5. The monoisotopic (exact) mass is 1020 g/mol. The van der Waals surface area contributed by atoms with Crippen molar-refractivity contribution < 1.29 is 119 Å². The number of Topliss-reactive ketones (excluding diaryl/α,β-unsaturated/α-hetero) is 1. The molecule has 10 rings (SSSR count). The van der Waals surface area contributed by atoms with Gasteiger partial charge in [0.1, 0.15) is 78.8 Å². The standard InChI is InChI=1S/C47H70O24/c1-16-11-65-47(39(59)29(16)53)23(10-48)28-21-6-7-22-20(27(21)32(56)36(28)71-47)5-4-18-8-19(50)9-26(45(18,22)3)67-41-33(57)35(25(52)13-62-41)68-43-38(31(55)24(51)12-63-43)70-42-34(58)37(30(54)17(2)66-42)69-44-40(60)46(61,14-49)15-64-44/h4,16-17,19-20,22-26,28-31,33-44,48-55,57-61H,5-15H2,1-3H3. The van der Waals surface area contributed by atoms with Crippen molar-refractivity contribution in [2.45, 2.75) is 187 Å². The number of ketones is 1. The van der Waals surface area contributed by atoms with Crippen molar-refractivity contribution in [1.29, 1.82) is 0 Å². The van der Waals surface area contributed by atoms with Crippen molar-refractivity contribution in [3.63, 3.8) is 0 Å². The van der Waals surface area contributed by atoms with Gasteiger partial charge in [-0.1, -0.05) is 31.1 Å². The van der Waals surface area contributed by atoms with Crippen LogP contribution in [0.4, 0.5) is 0 Å². The minimum absolute atomic E-state index is 0.0656. The molecule has 0 aromatic heterocycles.